The van der Waals surface area contributed by atoms with Crippen molar-refractivity contribution in [2.75, 3.05) is 26.2 Å². The van der Waals surface area contributed by atoms with Crippen molar-refractivity contribution in [1.29, 1.82) is 0 Å². The molecule has 1 aliphatic rings. The molecule has 2 aromatic rings. The number of amides is 1. The highest BCUT2D eigenvalue weighted by molar-refractivity contribution is 5.92. The van der Waals surface area contributed by atoms with Crippen LogP contribution in [0.3, 0.4) is 0 Å². The van der Waals surface area contributed by atoms with Crippen LogP contribution in [0, 0.1) is 13.8 Å². The molecule has 1 aromatic heterocycles. The summed E-state index contributed by atoms with van der Waals surface area (Å²) in [7, 11) is 1.92. The van der Waals surface area contributed by atoms with E-state index in [1.54, 1.807) is 6.08 Å². The third-order valence-corrected chi connectivity index (χ3v) is 4.89. The van der Waals surface area contributed by atoms with E-state index in [1.165, 1.54) is 5.56 Å². The lowest BCUT2D eigenvalue weighted by atomic mass is 10.1. The molecular formula is C20H26N4O. The van der Waals surface area contributed by atoms with Gasteiger partial charge in [0.1, 0.15) is 0 Å². The number of nitrogens with zero attached hydrogens (tertiary/aromatic N) is 4. The highest BCUT2D eigenvalue weighted by atomic mass is 16.2. The van der Waals surface area contributed by atoms with E-state index in [4.69, 9.17) is 0 Å². The van der Waals surface area contributed by atoms with Gasteiger partial charge in [0.15, 0.2) is 0 Å². The predicted octanol–water partition coefficient (Wildman–Crippen LogP) is 2.39. The first-order valence-electron chi connectivity index (χ1n) is 8.78. The molecule has 0 saturated carbocycles. The highest BCUT2D eigenvalue weighted by Crippen LogP contribution is 2.14. The molecule has 25 heavy (non-hydrogen) atoms. The fraction of sp³-hybridized carbons (Fsp3) is 0.400. The van der Waals surface area contributed by atoms with E-state index in [2.05, 4.69) is 34.3 Å². The molecule has 5 nitrogen and oxygen atoms in total. The highest BCUT2D eigenvalue weighted by Gasteiger charge is 2.19. The molecule has 1 fully saturated rings. The average molecular weight is 338 g/mol. The Balaban J connectivity index is 1.54. The van der Waals surface area contributed by atoms with E-state index in [1.807, 2.05) is 42.6 Å². The lowest BCUT2D eigenvalue weighted by molar-refractivity contribution is -0.127. The van der Waals surface area contributed by atoms with Crippen LogP contribution >= 0.6 is 0 Å². The summed E-state index contributed by atoms with van der Waals surface area (Å²) in [5, 5.41) is 4.38. The molecular weight excluding hydrogens is 312 g/mol. The number of rotatable bonds is 4. The van der Waals surface area contributed by atoms with Crippen LogP contribution in [-0.2, 0) is 18.4 Å². The zero-order valence-corrected chi connectivity index (χ0v) is 15.3. The van der Waals surface area contributed by atoms with Crippen molar-refractivity contribution in [2.45, 2.75) is 20.4 Å². The Morgan fingerprint density at radius 1 is 1.12 bits per heavy atom. The molecule has 0 spiro atoms. The molecule has 1 aliphatic heterocycles. The van der Waals surface area contributed by atoms with E-state index >= 15 is 0 Å². The Morgan fingerprint density at radius 2 is 1.80 bits per heavy atom. The van der Waals surface area contributed by atoms with Crippen molar-refractivity contribution < 1.29 is 4.79 Å². The summed E-state index contributed by atoms with van der Waals surface area (Å²) >= 11 is 0. The number of carbonyl (C=O) groups is 1. The van der Waals surface area contributed by atoms with Gasteiger partial charge < -0.3 is 4.90 Å². The second-order valence-electron chi connectivity index (χ2n) is 6.63. The topological polar surface area (TPSA) is 41.4 Å². The molecule has 0 bridgehead atoms. The number of piperazine rings is 1. The number of carbonyl (C=O) groups excluding carboxylic acids is 1. The lowest BCUT2D eigenvalue weighted by Crippen LogP contribution is -2.47. The van der Waals surface area contributed by atoms with Gasteiger partial charge in [-0.3, -0.25) is 14.4 Å². The van der Waals surface area contributed by atoms with Crippen molar-refractivity contribution in [3.8, 4) is 0 Å². The van der Waals surface area contributed by atoms with Gasteiger partial charge in [-0.1, -0.05) is 30.3 Å². The molecule has 1 saturated heterocycles. The van der Waals surface area contributed by atoms with Crippen molar-refractivity contribution in [1.82, 2.24) is 19.6 Å². The Bertz CT molecular complexity index is 756. The first-order valence-corrected chi connectivity index (χ1v) is 8.78. The summed E-state index contributed by atoms with van der Waals surface area (Å²) in [5.41, 5.74) is 4.40. The second-order valence-corrected chi connectivity index (χ2v) is 6.63. The standard InChI is InChI=1S/C20H26N4O/c1-16-19(17(2)22(3)21-16)9-10-20(25)24-13-11-23(12-14-24)15-18-7-5-4-6-8-18/h4-10H,11-15H2,1-3H3/b10-9+. The minimum atomic E-state index is 0.0852. The number of hydrogen-bond donors (Lipinski definition) is 0. The third kappa shape index (κ3) is 4.17. The number of aromatic nitrogens is 2. The molecule has 2 heterocycles. The predicted molar refractivity (Wildman–Crippen MR) is 100 cm³/mol. The van der Waals surface area contributed by atoms with Crippen LogP contribution < -0.4 is 0 Å². The van der Waals surface area contributed by atoms with E-state index in [9.17, 15) is 4.79 Å². The molecule has 0 radical (unpaired) electrons. The zero-order valence-electron chi connectivity index (χ0n) is 15.3. The van der Waals surface area contributed by atoms with E-state index in [0.717, 1.165) is 49.7 Å². The van der Waals surface area contributed by atoms with Crippen molar-refractivity contribution in [3.63, 3.8) is 0 Å². The van der Waals surface area contributed by atoms with Crippen LogP contribution in [0.25, 0.3) is 6.08 Å². The molecule has 1 aromatic carbocycles. The van der Waals surface area contributed by atoms with Gasteiger partial charge >= 0.3 is 0 Å². The Hall–Kier alpha value is -2.40. The summed E-state index contributed by atoms with van der Waals surface area (Å²) < 4.78 is 1.85. The quantitative estimate of drug-likeness (QED) is 0.804. The molecule has 1 amide bonds. The van der Waals surface area contributed by atoms with Crippen molar-refractivity contribution in [3.05, 3.63) is 58.9 Å². The maximum Gasteiger partial charge on any atom is 0.246 e. The maximum absolute atomic E-state index is 12.5. The molecule has 0 atom stereocenters. The smallest absolute Gasteiger partial charge is 0.246 e. The summed E-state index contributed by atoms with van der Waals surface area (Å²) in [6.45, 7) is 8.33. The van der Waals surface area contributed by atoms with Gasteiger partial charge in [-0.15, -0.1) is 0 Å². The summed E-state index contributed by atoms with van der Waals surface area (Å²) in [6.07, 6.45) is 3.58. The number of hydrogen-bond acceptors (Lipinski definition) is 3. The van der Waals surface area contributed by atoms with Gasteiger partial charge in [-0.2, -0.15) is 5.10 Å². The SMILES string of the molecule is Cc1nn(C)c(C)c1/C=C/C(=O)N1CCN(Cc2ccccc2)CC1. The van der Waals surface area contributed by atoms with Crippen LogP contribution in [0.1, 0.15) is 22.5 Å². The lowest BCUT2D eigenvalue weighted by Gasteiger charge is -2.34. The van der Waals surface area contributed by atoms with Gasteiger partial charge in [-0.05, 0) is 25.5 Å². The monoisotopic (exact) mass is 338 g/mol. The van der Waals surface area contributed by atoms with Gasteiger partial charge in [-0.25, -0.2) is 0 Å². The molecule has 132 valence electrons. The first kappa shape index (κ1) is 17.4. The molecule has 0 aliphatic carbocycles. The van der Waals surface area contributed by atoms with E-state index < -0.39 is 0 Å². The van der Waals surface area contributed by atoms with Crippen LogP contribution in [0.15, 0.2) is 36.4 Å². The summed E-state index contributed by atoms with van der Waals surface area (Å²) in [5.74, 6) is 0.0852. The van der Waals surface area contributed by atoms with Crippen LogP contribution in [0.2, 0.25) is 0 Å². The molecule has 0 unspecified atom stereocenters. The van der Waals surface area contributed by atoms with Crippen molar-refractivity contribution >= 4 is 12.0 Å². The minimum absolute atomic E-state index is 0.0852. The molecule has 3 rings (SSSR count). The summed E-state index contributed by atoms with van der Waals surface area (Å²) in [4.78, 5) is 16.8. The fourth-order valence-corrected chi connectivity index (χ4v) is 3.26. The largest absolute Gasteiger partial charge is 0.337 e. The normalized spacial score (nSPS) is 15.9. The molecule has 0 N–H and O–H groups in total. The summed E-state index contributed by atoms with van der Waals surface area (Å²) in [6, 6.07) is 10.5. The Labute approximate surface area is 149 Å². The number of benzene rings is 1. The van der Waals surface area contributed by atoms with Gasteiger partial charge in [0.25, 0.3) is 0 Å². The van der Waals surface area contributed by atoms with E-state index in [0.29, 0.717) is 0 Å². The molecule has 5 heteroatoms. The van der Waals surface area contributed by atoms with Crippen LogP contribution in [-0.4, -0.2) is 51.7 Å². The Kier molecular flexibility index (Phi) is 5.34. The second kappa shape index (κ2) is 7.66. The van der Waals surface area contributed by atoms with Gasteiger partial charge in [0.2, 0.25) is 5.91 Å². The van der Waals surface area contributed by atoms with E-state index in [-0.39, 0.29) is 5.91 Å². The maximum atomic E-state index is 12.5. The first-order chi connectivity index (χ1) is 12.0. The van der Waals surface area contributed by atoms with Gasteiger partial charge in [0, 0.05) is 57.1 Å². The number of aryl methyl sites for hydroxylation is 2. The van der Waals surface area contributed by atoms with Crippen molar-refractivity contribution in [2.24, 2.45) is 7.05 Å². The average Bonchev–Trinajstić information content (AvgIpc) is 2.86. The fourth-order valence-electron chi connectivity index (χ4n) is 3.26. The van der Waals surface area contributed by atoms with Gasteiger partial charge in [0.05, 0.1) is 5.69 Å². The zero-order chi connectivity index (χ0) is 17.8. The third-order valence-electron chi connectivity index (χ3n) is 4.89. The Morgan fingerprint density at radius 3 is 2.40 bits per heavy atom. The van der Waals surface area contributed by atoms with Crippen LogP contribution in [0.5, 0.6) is 0 Å². The van der Waals surface area contributed by atoms with Crippen LogP contribution in [0.4, 0.5) is 0 Å². The minimum Gasteiger partial charge on any atom is -0.337 e.